The lowest BCUT2D eigenvalue weighted by Crippen LogP contribution is -2.03. The fourth-order valence-electron chi connectivity index (χ4n) is 1.22. The molecule has 0 bridgehead atoms. The number of nitrogens with zero attached hydrogens (tertiary/aromatic N) is 1. The fourth-order valence-corrected chi connectivity index (χ4v) is 1.22. The van der Waals surface area contributed by atoms with Crippen LogP contribution in [0.3, 0.4) is 0 Å². The van der Waals surface area contributed by atoms with Crippen LogP contribution in [0.4, 0.5) is 0 Å². The molecule has 0 atom stereocenters. The Balaban J connectivity index is 2.66. The first-order chi connectivity index (χ1) is 5.79. The molecular formula is C9H15NO2. The van der Waals surface area contributed by atoms with E-state index in [4.69, 9.17) is 9.84 Å². The van der Waals surface area contributed by atoms with Crippen molar-refractivity contribution in [3.05, 3.63) is 23.5 Å². The van der Waals surface area contributed by atoms with E-state index in [2.05, 4.69) is 0 Å². The largest absolute Gasteiger partial charge is 0.390 e. The Kier molecular flexibility index (Phi) is 3.31. The van der Waals surface area contributed by atoms with Crippen LogP contribution in [0.15, 0.2) is 12.1 Å². The van der Waals surface area contributed by atoms with Gasteiger partial charge in [0, 0.05) is 32.0 Å². The minimum Gasteiger partial charge on any atom is -0.390 e. The minimum absolute atomic E-state index is 0.101. The number of ether oxygens (including phenoxy) is 1. The number of methoxy groups -OCH3 is 1. The molecule has 0 saturated carbocycles. The predicted octanol–water partition coefficient (Wildman–Crippen LogP) is 0.706. The molecule has 1 N–H and O–H groups in total. The fraction of sp³-hybridized carbons (Fsp3) is 0.556. The lowest BCUT2D eigenvalue weighted by molar-refractivity contribution is 0.200. The van der Waals surface area contributed by atoms with E-state index in [0.29, 0.717) is 0 Å². The number of aliphatic hydroxyl groups excluding tert-OH is 1. The molecule has 0 amide bonds. The van der Waals surface area contributed by atoms with Crippen molar-refractivity contribution in [2.75, 3.05) is 13.7 Å². The molecule has 0 radical (unpaired) electrons. The predicted molar refractivity (Wildman–Crippen MR) is 46.9 cm³/mol. The third-order valence-electron chi connectivity index (χ3n) is 2.05. The Labute approximate surface area is 72.6 Å². The van der Waals surface area contributed by atoms with Gasteiger partial charge in [0.2, 0.25) is 0 Å². The van der Waals surface area contributed by atoms with Gasteiger partial charge in [0.05, 0.1) is 13.2 Å². The molecule has 1 aromatic rings. The summed E-state index contributed by atoms with van der Waals surface area (Å²) in [6.07, 6.45) is 0.896. The summed E-state index contributed by atoms with van der Waals surface area (Å²) in [6.45, 7) is 0.826. The van der Waals surface area contributed by atoms with Crippen molar-refractivity contribution in [2.24, 2.45) is 7.05 Å². The van der Waals surface area contributed by atoms with E-state index in [9.17, 15) is 0 Å². The molecule has 0 aliphatic heterocycles. The molecule has 0 spiro atoms. The summed E-state index contributed by atoms with van der Waals surface area (Å²) in [5.74, 6) is 0. The van der Waals surface area contributed by atoms with Gasteiger partial charge in [-0.1, -0.05) is 0 Å². The number of hydrogen-bond donors (Lipinski definition) is 1. The second kappa shape index (κ2) is 4.28. The maximum atomic E-state index is 8.91. The lowest BCUT2D eigenvalue weighted by Gasteiger charge is -2.04. The third kappa shape index (κ3) is 1.87. The van der Waals surface area contributed by atoms with Gasteiger partial charge in [0.25, 0.3) is 0 Å². The van der Waals surface area contributed by atoms with Crippen LogP contribution in [-0.2, 0) is 24.8 Å². The van der Waals surface area contributed by atoms with Crippen molar-refractivity contribution >= 4 is 0 Å². The Morgan fingerprint density at radius 1 is 1.42 bits per heavy atom. The summed E-state index contributed by atoms with van der Waals surface area (Å²) in [4.78, 5) is 0. The Hall–Kier alpha value is -0.800. The zero-order chi connectivity index (χ0) is 8.97. The maximum absolute atomic E-state index is 8.91. The minimum atomic E-state index is 0.101. The Bertz CT molecular complexity index is 243. The van der Waals surface area contributed by atoms with Crippen LogP contribution < -0.4 is 0 Å². The van der Waals surface area contributed by atoms with Gasteiger partial charge in [0.15, 0.2) is 0 Å². The van der Waals surface area contributed by atoms with Crippen molar-refractivity contribution < 1.29 is 9.84 Å². The molecule has 0 aliphatic rings. The Morgan fingerprint density at radius 3 is 2.58 bits per heavy atom. The van der Waals surface area contributed by atoms with E-state index in [1.807, 2.05) is 23.7 Å². The van der Waals surface area contributed by atoms with Gasteiger partial charge in [0.1, 0.15) is 0 Å². The van der Waals surface area contributed by atoms with Crippen LogP contribution in [0.5, 0.6) is 0 Å². The highest BCUT2D eigenvalue weighted by Crippen LogP contribution is 2.07. The highest BCUT2D eigenvalue weighted by molar-refractivity contribution is 5.15. The summed E-state index contributed by atoms with van der Waals surface area (Å²) in [6, 6.07) is 3.95. The molecule has 0 saturated heterocycles. The highest BCUT2D eigenvalue weighted by Gasteiger charge is 2.02. The Morgan fingerprint density at radius 2 is 2.08 bits per heavy atom. The molecule has 0 aromatic carbocycles. The summed E-state index contributed by atoms with van der Waals surface area (Å²) >= 11 is 0. The normalized spacial score (nSPS) is 10.6. The van der Waals surface area contributed by atoms with Crippen LogP contribution in [0.1, 0.15) is 11.4 Å². The lowest BCUT2D eigenvalue weighted by atomic mass is 10.3. The van der Waals surface area contributed by atoms with E-state index >= 15 is 0 Å². The quantitative estimate of drug-likeness (QED) is 0.720. The smallest absolute Gasteiger partial charge is 0.0832 e. The number of aliphatic hydroxyl groups is 1. The molecule has 0 aliphatic carbocycles. The van der Waals surface area contributed by atoms with E-state index < -0.39 is 0 Å². The first kappa shape index (κ1) is 9.29. The van der Waals surface area contributed by atoms with Crippen molar-refractivity contribution in [3.8, 4) is 0 Å². The molecule has 1 rings (SSSR count). The van der Waals surface area contributed by atoms with Gasteiger partial charge in [-0.05, 0) is 12.1 Å². The third-order valence-corrected chi connectivity index (χ3v) is 2.05. The second-order valence-corrected chi connectivity index (χ2v) is 2.78. The van der Waals surface area contributed by atoms with Crippen LogP contribution in [-0.4, -0.2) is 23.4 Å². The first-order valence-corrected chi connectivity index (χ1v) is 4.03. The van der Waals surface area contributed by atoms with Gasteiger partial charge in [-0.2, -0.15) is 0 Å². The van der Waals surface area contributed by atoms with Gasteiger partial charge in [-0.15, -0.1) is 0 Å². The van der Waals surface area contributed by atoms with Crippen molar-refractivity contribution in [1.29, 1.82) is 0 Å². The van der Waals surface area contributed by atoms with Crippen LogP contribution in [0, 0.1) is 0 Å². The molecule has 3 nitrogen and oxygen atoms in total. The van der Waals surface area contributed by atoms with Gasteiger partial charge < -0.3 is 14.4 Å². The number of rotatable bonds is 4. The molecule has 12 heavy (non-hydrogen) atoms. The molecule has 0 fully saturated rings. The van der Waals surface area contributed by atoms with E-state index in [1.54, 1.807) is 7.11 Å². The molecule has 1 aromatic heterocycles. The monoisotopic (exact) mass is 169 g/mol. The summed E-state index contributed by atoms with van der Waals surface area (Å²) < 4.78 is 6.97. The topological polar surface area (TPSA) is 34.4 Å². The van der Waals surface area contributed by atoms with Crippen molar-refractivity contribution in [2.45, 2.75) is 13.0 Å². The second-order valence-electron chi connectivity index (χ2n) is 2.78. The summed E-state index contributed by atoms with van der Waals surface area (Å²) in [5.41, 5.74) is 2.14. The zero-order valence-electron chi connectivity index (χ0n) is 7.58. The average molecular weight is 169 g/mol. The SMILES string of the molecule is COCCc1ccc(CO)n1C. The summed E-state index contributed by atoms with van der Waals surface area (Å²) in [7, 11) is 3.65. The van der Waals surface area contributed by atoms with E-state index in [-0.39, 0.29) is 6.61 Å². The van der Waals surface area contributed by atoms with Gasteiger partial charge in [-0.3, -0.25) is 0 Å². The molecule has 3 heteroatoms. The number of aromatic nitrogens is 1. The standard InChI is InChI=1S/C9H15NO2/c1-10-8(5-6-12-2)3-4-9(10)7-11/h3-4,11H,5-7H2,1-2H3. The van der Waals surface area contributed by atoms with Crippen LogP contribution in [0.2, 0.25) is 0 Å². The van der Waals surface area contributed by atoms with E-state index in [0.717, 1.165) is 18.7 Å². The van der Waals surface area contributed by atoms with Crippen LogP contribution in [0.25, 0.3) is 0 Å². The first-order valence-electron chi connectivity index (χ1n) is 4.03. The number of hydrogen-bond acceptors (Lipinski definition) is 2. The van der Waals surface area contributed by atoms with Gasteiger partial charge in [-0.25, -0.2) is 0 Å². The van der Waals surface area contributed by atoms with Crippen LogP contribution >= 0.6 is 0 Å². The molecular weight excluding hydrogens is 154 g/mol. The van der Waals surface area contributed by atoms with Gasteiger partial charge >= 0.3 is 0 Å². The zero-order valence-corrected chi connectivity index (χ0v) is 7.58. The van der Waals surface area contributed by atoms with Crippen molar-refractivity contribution in [3.63, 3.8) is 0 Å². The molecule has 0 unspecified atom stereocenters. The van der Waals surface area contributed by atoms with Crippen molar-refractivity contribution in [1.82, 2.24) is 4.57 Å². The molecule has 1 heterocycles. The highest BCUT2D eigenvalue weighted by atomic mass is 16.5. The maximum Gasteiger partial charge on any atom is 0.0832 e. The van der Waals surface area contributed by atoms with E-state index in [1.165, 1.54) is 5.69 Å². The summed E-state index contributed by atoms with van der Waals surface area (Å²) in [5, 5.41) is 8.91. The molecule has 68 valence electrons. The average Bonchev–Trinajstić information content (AvgIpc) is 2.43.